The molecular weight excluding hydrogens is 299 g/mol. The first-order valence-corrected chi connectivity index (χ1v) is 8.18. The summed E-state index contributed by atoms with van der Waals surface area (Å²) in [5.41, 5.74) is -1.00. The van der Waals surface area contributed by atoms with E-state index in [0.29, 0.717) is 12.8 Å². The molecule has 1 aromatic rings. The summed E-state index contributed by atoms with van der Waals surface area (Å²) in [4.78, 5) is 14.3. The van der Waals surface area contributed by atoms with E-state index in [1.807, 2.05) is 0 Å². The molecule has 116 valence electrons. The molecule has 2 rings (SSSR count). The standard InChI is InChI=1S/C13H17FN2O4S/c14-10-6-11(9-15-8-10)21(19,20)16-13(7-12(17)18)4-2-1-3-5-13/h6,8-9,16H,1-5,7H2,(H,17,18). The van der Waals surface area contributed by atoms with Crippen LogP contribution in [0.1, 0.15) is 38.5 Å². The summed E-state index contributed by atoms with van der Waals surface area (Å²) in [7, 11) is -4.00. The van der Waals surface area contributed by atoms with Gasteiger partial charge >= 0.3 is 5.97 Å². The predicted octanol–water partition coefficient (Wildman–Crippen LogP) is 1.68. The summed E-state index contributed by atoms with van der Waals surface area (Å²) in [6, 6.07) is 0.868. The van der Waals surface area contributed by atoms with E-state index in [9.17, 15) is 17.6 Å². The summed E-state index contributed by atoms with van der Waals surface area (Å²) in [5.74, 6) is -1.81. The number of nitrogens with one attached hydrogen (secondary N) is 1. The van der Waals surface area contributed by atoms with Gasteiger partial charge in [0.15, 0.2) is 0 Å². The van der Waals surface area contributed by atoms with Crippen LogP contribution in [0.3, 0.4) is 0 Å². The molecule has 2 N–H and O–H groups in total. The third-order valence-electron chi connectivity index (χ3n) is 3.64. The molecule has 1 aromatic heterocycles. The molecule has 0 atom stereocenters. The first-order chi connectivity index (χ1) is 9.83. The smallest absolute Gasteiger partial charge is 0.305 e. The quantitative estimate of drug-likeness (QED) is 0.861. The van der Waals surface area contributed by atoms with Gasteiger partial charge in [-0.3, -0.25) is 9.78 Å². The molecule has 0 spiro atoms. The Morgan fingerprint density at radius 1 is 1.33 bits per heavy atom. The largest absolute Gasteiger partial charge is 0.481 e. The third-order valence-corrected chi connectivity index (χ3v) is 5.19. The topological polar surface area (TPSA) is 96.4 Å². The van der Waals surface area contributed by atoms with Crippen LogP contribution >= 0.6 is 0 Å². The Balaban J connectivity index is 2.28. The number of hydrogen-bond donors (Lipinski definition) is 2. The molecule has 0 amide bonds. The number of aliphatic carboxylic acids is 1. The summed E-state index contributed by atoms with van der Waals surface area (Å²) in [6.07, 6.45) is 5.06. The van der Waals surface area contributed by atoms with E-state index in [0.717, 1.165) is 37.7 Å². The number of aromatic nitrogens is 1. The van der Waals surface area contributed by atoms with Crippen molar-refractivity contribution in [3.05, 3.63) is 24.3 Å². The van der Waals surface area contributed by atoms with Gasteiger partial charge in [0.2, 0.25) is 10.0 Å². The Bertz CT molecular complexity index is 627. The summed E-state index contributed by atoms with van der Waals surface area (Å²) in [6.45, 7) is 0. The van der Waals surface area contributed by atoms with Gasteiger partial charge in [0.25, 0.3) is 0 Å². The molecule has 0 saturated heterocycles. The van der Waals surface area contributed by atoms with Crippen LogP contribution in [0, 0.1) is 5.82 Å². The minimum Gasteiger partial charge on any atom is -0.481 e. The highest BCUT2D eigenvalue weighted by Crippen LogP contribution is 2.32. The van der Waals surface area contributed by atoms with E-state index in [1.165, 1.54) is 0 Å². The molecule has 21 heavy (non-hydrogen) atoms. The lowest BCUT2D eigenvalue weighted by atomic mass is 9.80. The second kappa shape index (κ2) is 6.07. The maximum Gasteiger partial charge on any atom is 0.305 e. The average Bonchev–Trinajstić information content (AvgIpc) is 2.38. The van der Waals surface area contributed by atoms with Gasteiger partial charge in [-0.15, -0.1) is 0 Å². The fourth-order valence-corrected chi connectivity index (χ4v) is 4.15. The van der Waals surface area contributed by atoms with Gasteiger partial charge in [0.05, 0.1) is 12.6 Å². The normalized spacial score (nSPS) is 18.3. The molecule has 1 fully saturated rings. The second-order valence-corrected chi connectivity index (χ2v) is 7.04. The predicted molar refractivity (Wildman–Crippen MR) is 72.6 cm³/mol. The highest BCUT2D eigenvalue weighted by Gasteiger charge is 2.38. The molecule has 8 heteroatoms. The molecule has 1 saturated carbocycles. The second-order valence-electron chi connectivity index (χ2n) is 5.36. The van der Waals surface area contributed by atoms with Crippen molar-refractivity contribution in [2.24, 2.45) is 0 Å². The highest BCUT2D eigenvalue weighted by molar-refractivity contribution is 7.89. The number of hydrogen-bond acceptors (Lipinski definition) is 4. The van der Waals surface area contributed by atoms with Crippen molar-refractivity contribution in [2.45, 2.75) is 49.0 Å². The van der Waals surface area contributed by atoms with E-state index >= 15 is 0 Å². The van der Waals surface area contributed by atoms with Crippen LogP contribution in [0.4, 0.5) is 4.39 Å². The maximum absolute atomic E-state index is 13.1. The lowest BCUT2D eigenvalue weighted by Gasteiger charge is -2.36. The van der Waals surface area contributed by atoms with Crippen molar-refractivity contribution in [1.29, 1.82) is 0 Å². The van der Waals surface area contributed by atoms with Crippen molar-refractivity contribution in [3.8, 4) is 0 Å². The first kappa shape index (κ1) is 15.8. The lowest BCUT2D eigenvalue weighted by Crippen LogP contribution is -2.50. The highest BCUT2D eigenvalue weighted by atomic mass is 32.2. The van der Waals surface area contributed by atoms with Gasteiger partial charge in [-0.25, -0.2) is 17.5 Å². The fraction of sp³-hybridized carbons (Fsp3) is 0.538. The molecule has 1 heterocycles. The Kier molecular flexibility index (Phi) is 4.58. The molecule has 0 unspecified atom stereocenters. The van der Waals surface area contributed by atoms with Crippen LogP contribution in [-0.4, -0.2) is 30.0 Å². The van der Waals surface area contributed by atoms with Crippen molar-refractivity contribution in [2.75, 3.05) is 0 Å². The number of nitrogens with zero attached hydrogens (tertiary/aromatic N) is 1. The van der Waals surface area contributed by atoms with Crippen molar-refractivity contribution >= 4 is 16.0 Å². The maximum atomic E-state index is 13.1. The van der Waals surface area contributed by atoms with Crippen LogP contribution in [0.2, 0.25) is 0 Å². The van der Waals surface area contributed by atoms with E-state index in [1.54, 1.807) is 0 Å². The molecular formula is C13H17FN2O4S. The van der Waals surface area contributed by atoms with Crippen molar-refractivity contribution in [1.82, 2.24) is 9.71 Å². The number of sulfonamides is 1. The molecule has 1 aliphatic rings. The zero-order valence-corrected chi connectivity index (χ0v) is 12.2. The SMILES string of the molecule is O=C(O)CC1(NS(=O)(=O)c2cncc(F)c2)CCCCC1. The Hall–Kier alpha value is -1.54. The van der Waals surface area contributed by atoms with Crippen LogP contribution in [0.25, 0.3) is 0 Å². The summed E-state index contributed by atoms with van der Waals surface area (Å²) in [5, 5.41) is 9.04. The van der Waals surface area contributed by atoms with Crippen molar-refractivity contribution in [3.63, 3.8) is 0 Å². The van der Waals surface area contributed by atoms with Crippen LogP contribution in [0.5, 0.6) is 0 Å². The molecule has 1 aliphatic carbocycles. The molecule has 0 radical (unpaired) electrons. The number of carboxylic acids is 1. The van der Waals surface area contributed by atoms with Crippen LogP contribution in [-0.2, 0) is 14.8 Å². The van der Waals surface area contributed by atoms with E-state index in [4.69, 9.17) is 5.11 Å². The molecule has 6 nitrogen and oxygen atoms in total. The van der Waals surface area contributed by atoms with Gasteiger partial charge < -0.3 is 5.11 Å². The minimum atomic E-state index is -4.00. The van der Waals surface area contributed by atoms with E-state index < -0.39 is 27.3 Å². The number of carbonyl (C=O) groups is 1. The van der Waals surface area contributed by atoms with Gasteiger partial charge in [-0.2, -0.15) is 0 Å². The number of halogens is 1. The zero-order chi connectivity index (χ0) is 15.5. The molecule has 0 bridgehead atoms. The summed E-state index contributed by atoms with van der Waals surface area (Å²) < 4.78 is 40.3. The van der Waals surface area contributed by atoms with Crippen LogP contribution in [0.15, 0.2) is 23.4 Å². The average molecular weight is 316 g/mol. The number of rotatable bonds is 5. The van der Waals surface area contributed by atoms with E-state index in [2.05, 4.69) is 9.71 Å². The molecule has 0 aliphatic heterocycles. The van der Waals surface area contributed by atoms with Gasteiger partial charge in [0.1, 0.15) is 10.7 Å². The Labute approximate surface area is 122 Å². The third kappa shape index (κ3) is 3.98. The van der Waals surface area contributed by atoms with Crippen LogP contribution < -0.4 is 4.72 Å². The Morgan fingerprint density at radius 2 is 2.00 bits per heavy atom. The van der Waals surface area contributed by atoms with Crippen molar-refractivity contribution < 1.29 is 22.7 Å². The van der Waals surface area contributed by atoms with Gasteiger partial charge in [0, 0.05) is 11.7 Å². The number of carboxylic acid groups (broad SMARTS) is 1. The first-order valence-electron chi connectivity index (χ1n) is 6.69. The zero-order valence-electron chi connectivity index (χ0n) is 11.4. The number of pyridine rings is 1. The molecule has 0 aromatic carbocycles. The monoisotopic (exact) mass is 316 g/mol. The lowest BCUT2D eigenvalue weighted by molar-refractivity contribution is -0.138. The van der Waals surface area contributed by atoms with E-state index in [-0.39, 0.29) is 11.3 Å². The fourth-order valence-electron chi connectivity index (χ4n) is 2.72. The van der Waals surface area contributed by atoms with Gasteiger partial charge in [-0.1, -0.05) is 19.3 Å². The summed E-state index contributed by atoms with van der Waals surface area (Å²) >= 11 is 0. The Morgan fingerprint density at radius 3 is 2.57 bits per heavy atom. The van der Waals surface area contributed by atoms with Gasteiger partial charge in [-0.05, 0) is 18.9 Å². The minimum absolute atomic E-state index is 0.283.